The number of rotatable bonds is 10. The van der Waals surface area contributed by atoms with Crippen molar-refractivity contribution in [1.82, 2.24) is 4.98 Å². The molecular formula is C27H27ClN2O3. The lowest BCUT2D eigenvalue weighted by Gasteiger charge is -2.19. The highest BCUT2D eigenvalue weighted by Crippen LogP contribution is 2.27. The van der Waals surface area contributed by atoms with Gasteiger partial charge in [0, 0.05) is 48.6 Å². The molecule has 3 rings (SSSR count). The number of aliphatic carboxylic acids is 1. The highest BCUT2D eigenvalue weighted by molar-refractivity contribution is 6.30. The number of carboxylic acids is 1. The van der Waals surface area contributed by atoms with Crippen molar-refractivity contribution in [3.8, 4) is 0 Å². The van der Waals surface area contributed by atoms with Crippen molar-refractivity contribution in [3.63, 3.8) is 0 Å². The number of anilines is 1. The van der Waals surface area contributed by atoms with Crippen LogP contribution in [0.4, 0.5) is 5.69 Å². The summed E-state index contributed by atoms with van der Waals surface area (Å²) < 4.78 is 0. The first-order valence-corrected chi connectivity index (χ1v) is 11.3. The van der Waals surface area contributed by atoms with Crippen LogP contribution in [0.25, 0.3) is 5.57 Å². The van der Waals surface area contributed by atoms with E-state index in [1.54, 1.807) is 24.3 Å². The van der Waals surface area contributed by atoms with E-state index in [0.29, 0.717) is 30.7 Å². The fourth-order valence-electron chi connectivity index (χ4n) is 3.52. The fourth-order valence-corrected chi connectivity index (χ4v) is 3.65. The Bertz CT molecular complexity index is 1110. The topological polar surface area (TPSA) is 70.5 Å². The third kappa shape index (κ3) is 7.29. The van der Waals surface area contributed by atoms with Gasteiger partial charge in [0.1, 0.15) is 0 Å². The van der Waals surface area contributed by atoms with Gasteiger partial charge in [0.2, 0.25) is 5.91 Å². The van der Waals surface area contributed by atoms with E-state index >= 15 is 0 Å². The minimum atomic E-state index is -0.799. The molecule has 5 nitrogen and oxygen atoms in total. The number of hydrogen-bond acceptors (Lipinski definition) is 3. The van der Waals surface area contributed by atoms with Crippen molar-refractivity contribution in [2.24, 2.45) is 0 Å². The van der Waals surface area contributed by atoms with Crippen LogP contribution in [-0.4, -0.2) is 29.0 Å². The van der Waals surface area contributed by atoms with Gasteiger partial charge >= 0.3 is 5.97 Å². The minimum absolute atomic E-state index is 0.0236. The Morgan fingerprint density at radius 1 is 1.03 bits per heavy atom. The van der Waals surface area contributed by atoms with E-state index in [1.807, 2.05) is 66.7 Å². The number of unbranched alkanes of at least 4 members (excludes halogenated alkanes) is 1. The maximum absolute atomic E-state index is 12.8. The molecule has 0 unspecified atom stereocenters. The standard InChI is InChI=1S/C27H27ClN2O3/c1-30(26(31)16-13-20-11-14-23(28)15-12-20)24-8-4-6-21(18-24)25(9-2-3-10-27(32)33)22-7-5-17-29-19-22/h4-9,11-12,14-15,17-19H,2-3,10,13,16H2,1H3,(H,32,33). The zero-order valence-electron chi connectivity index (χ0n) is 18.6. The molecule has 0 saturated carbocycles. The average molecular weight is 463 g/mol. The molecule has 0 spiro atoms. The molecule has 33 heavy (non-hydrogen) atoms. The Hall–Kier alpha value is -3.44. The van der Waals surface area contributed by atoms with E-state index < -0.39 is 5.97 Å². The van der Waals surface area contributed by atoms with Crippen molar-refractivity contribution in [2.75, 3.05) is 11.9 Å². The maximum atomic E-state index is 12.8. The number of halogens is 1. The highest BCUT2D eigenvalue weighted by Gasteiger charge is 2.13. The van der Waals surface area contributed by atoms with Crippen molar-refractivity contribution >= 4 is 34.7 Å². The maximum Gasteiger partial charge on any atom is 0.303 e. The molecule has 0 fully saturated rings. The molecule has 1 N–H and O–H groups in total. The second-order valence-corrected chi connectivity index (χ2v) is 8.21. The predicted octanol–water partition coefficient (Wildman–Crippen LogP) is 6.02. The van der Waals surface area contributed by atoms with Gasteiger partial charge in [-0.3, -0.25) is 14.6 Å². The first kappa shape index (κ1) is 24.2. The van der Waals surface area contributed by atoms with Crippen LogP contribution in [0.15, 0.2) is 79.1 Å². The number of nitrogens with zero attached hydrogens (tertiary/aromatic N) is 2. The van der Waals surface area contributed by atoms with E-state index in [2.05, 4.69) is 4.98 Å². The van der Waals surface area contributed by atoms with Gasteiger partial charge in [-0.2, -0.15) is 0 Å². The van der Waals surface area contributed by atoms with Crippen LogP contribution in [0, 0.1) is 0 Å². The molecule has 0 atom stereocenters. The van der Waals surface area contributed by atoms with Crippen LogP contribution >= 0.6 is 11.6 Å². The number of carbonyl (C=O) groups excluding carboxylic acids is 1. The van der Waals surface area contributed by atoms with Crippen LogP contribution in [-0.2, 0) is 16.0 Å². The average Bonchev–Trinajstić information content (AvgIpc) is 2.83. The summed E-state index contributed by atoms with van der Waals surface area (Å²) in [7, 11) is 1.78. The molecule has 1 amide bonds. The smallest absolute Gasteiger partial charge is 0.303 e. The Labute approximate surface area is 199 Å². The number of amides is 1. The van der Waals surface area contributed by atoms with Crippen LogP contribution in [0.3, 0.4) is 0 Å². The number of allylic oxidation sites excluding steroid dienone is 1. The summed E-state index contributed by atoms with van der Waals surface area (Å²) >= 11 is 5.93. The molecule has 0 bridgehead atoms. The van der Waals surface area contributed by atoms with Gasteiger partial charge in [0.15, 0.2) is 0 Å². The Morgan fingerprint density at radius 2 is 1.79 bits per heavy atom. The zero-order valence-corrected chi connectivity index (χ0v) is 19.3. The van der Waals surface area contributed by atoms with E-state index in [0.717, 1.165) is 28.0 Å². The first-order chi connectivity index (χ1) is 15.9. The summed E-state index contributed by atoms with van der Waals surface area (Å²) in [6.45, 7) is 0. The Balaban J connectivity index is 1.76. The van der Waals surface area contributed by atoms with Gasteiger partial charge in [-0.1, -0.05) is 48.0 Å². The summed E-state index contributed by atoms with van der Waals surface area (Å²) in [5.41, 5.74) is 4.74. The number of pyridine rings is 1. The second kappa shape index (κ2) is 12.0. The number of carboxylic acid groups (broad SMARTS) is 1. The SMILES string of the molecule is CN(C(=O)CCc1ccc(Cl)cc1)c1cccc(C(=CCCCC(=O)O)c2cccnc2)c1. The third-order valence-electron chi connectivity index (χ3n) is 5.38. The van der Waals surface area contributed by atoms with Gasteiger partial charge in [-0.25, -0.2) is 0 Å². The minimum Gasteiger partial charge on any atom is -0.481 e. The Morgan fingerprint density at radius 3 is 2.48 bits per heavy atom. The molecule has 0 aliphatic carbocycles. The number of aromatic nitrogens is 1. The molecule has 170 valence electrons. The van der Waals surface area contributed by atoms with Gasteiger partial charge in [0.05, 0.1) is 0 Å². The lowest BCUT2D eigenvalue weighted by molar-refractivity contribution is -0.137. The van der Waals surface area contributed by atoms with Gasteiger partial charge in [-0.05, 0) is 66.3 Å². The number of benzene rings is 2. The van der Waals surface area contributed by atoms with Crippen molar-refractivity contribution in [2.45, 2.75) is 32.1 Å². The molecule has 0 aliphatic rings. The molecule has 2 aromatic carbocycles. The monoisotopic (exact) mass is 462 g/mol. The van der Waals surface area contributed by atoms with Gasteiger partial charge < -0.3 is 10.0 Å². The van der Waals surface area contributed by atoms with Crippen LogP contribution in [0.2, 0.25) is 5.02 Å². The van der Waals surface area contributed by atoms with E-state index in [1.165, 1.54) is 0 Å². The normalized spacial score (nSPS) is 11.3. The van der Waals surface area contributed by atoms with Gasteiger partial charge in [-0.15, -0.1) is 0 Å². The van der Waals surface area contributed by atoms with Gasteiger partial charge in [0.25, 0.3) is 0 Å². The molecule has 1 heterocycles. The molecule has 0 aliphatic heterocycles. The van der Waals surface area contributed by atoms with E-state index in [-0.39, 0.29) is 12.3 Å². The predicted molar refractivity (Wildman–Crippen MR) is 132 cm³/mol. The zero-order chi connectivity index (χ0) is 23.6. The molecule has 3 aromatic rings. The lowest BCUT2D eigenvalue weighted by Crippen LogP contribution is -2.26. The molecule has 0 radical (unpaired) electrons. The summed E-state index contributed by atoms with van der Waals surface area (Å²) in [4.78, 5) is 29.6. The largest absolute Gasteiger partial charge is 0.481 e. The highest BCUT2D eigenvalue weighted by atomic mass is 35.5. The summed E-state index contributed by atoms with van der Waals surface area (Å²) in [6.07, 6.45) is 7.90. The van der Waals surface area contributed by atoms with Crippen LogP contribution < -0.4 is 4.90 Å². The molecule has 1 aromatic heterocycles. The molecule has 6 heteroatoms. The second-order valence-electron chi connectivity index (χ2n) is 7.78. The number of carbonyl (C=O) groups is 2. The fraction of sp³-hybridized carbons (Fsp3) is 0.222. The van der Waals surface area contributed by atoms with Crippen molar-refractivity contribution < 1.29 is 14.7 Å². The van der Waals surface area contributed by atoms with E-state index in [9.17, 15) is 9.59 Å². The number of hydrogen-bond donors (Lipinski definition) is 1. The first-order valence-electron chi connectivity index (χ1n) is 10.9. The van der Waals surface area contributed by atoms with Crippen molar-refractivity contribution in [3.05, 3.63) is 101 Å². The molecule has 0 saturated heterocycles. The van der Waals surface area contributed by atoms with Crippen molar-refractivity contribution in [1.29, 1.82) is 0 Å². The quantitative estimate of drug-likeness (QED) is 0.374. The summed E-state index contributed by atoms with van der Waals surface area (Å²) in [5, 5.41) is 9.60. The summed E-state index contributed by atoms with van der Waals surface area (Å²) in [6, 6.07) is 19.2. The number of aryl methyl sites for hydroxylation is 1. The van der Waals surface area contributed by atoms with Crippen LogP contribution in [0.5, 0.6) is 0 Å². The third-order valence-corrected chi connectivity index (χ3v) is 5.63. The lowest BCUT2D eigenvalue weighted by atomic mass is 9.97. The van der Waals surface area contributed by atoms with Crippen LogP contribution in [0.1, 0.15) is 42.4 Å². The molecular weight excluding hydrogens is 436 g/mol. The Kier molecular flexibility index (Phi) is 8.79. The van der Waals surface area contributed by atoms with E-state index in [4.69, 9.17) is 16.7 Å². The summed E-state index contributed by atoms with van der Waals surface area (Å²) in [5.74, 6) is -0.775.